The average Bonchev–Trinajstić information content (AvgIpc) is 3.13. The van der Waals surface area contributed by atoms with Crippen molar-refractivity contribution in [2.45, 2.75) is 26.7 Å². The van der Waals surface area contributed by atoms with E-state index in [2.05, 4.69) is 36.1 Å². The van der Waals surface area contributed by atoms with Gasteiger partial charge in [0.15, 0.2) is 5.65 Å². The molecule has 1 aliphatic rings. The number of amides is 1. The Kier molecular flexibility index (Phi) is 7.41. The van der Waals surface area contributed by atoms with Gasteiger partial charge in [-0.15, -0.1) is 0 Å². The lowest BCUT2D eigenvalue weighted by Crippen LogP contribution is -2.35. The summed E-state index contributed by atoms with van der Waals surface area (Å²) in [5.41, 5.74) is 5.09. The second kappa shape index (κ2) is 11.3. The number of carbonyl (C=O) groups is 1. The molecule has 9 heteroatoms. The van der Waals surface area contributed by atoms with Crippen LogP contribution in [0.5, 0.6) is 0 Å². The maximum atomic E-state index is 13.7. The van der Waals surface area contributed by atoms with E-state index < -0.39 is 0 Å². The van der Waals surface area contributed by atoms with E-state index in [1.165, 1.54) is 17.7 Å². The Hall–Kier alpha value is -4.30. The molecule has 7 nitrogen and oxygen atoms in total. The van der Waals surface area contributed by atoms with Crippen molar-refractivity contribution in [3.63, 3.8) is 0 Å². The molecule has 0 aliphatic carbocycles. The van der Waals surface area contributed by atoms with Crippen LogP contribution in [-0.2, 0) is 6.42 Å². The maximum absolute atomic E-state index is 13.7. The molecule has 0 radical (unpaired) electrons. The lowest BCUT2D eigenvalue weighted by molar-refractivity contribution is 0.0767. The zero-order valence-electron chi connectivity index (χ0n) is 23.0. The first-order chi connectivity index (χ1) is 19.9. The molecule has 5 aromatic rings. The van der Waals surface area contributed by atoms with Crippen LogP contribution in [0.1, 0.15) is 39.4 Å². The first-order valence-electron chi connectivity index (χ1n) is 13.7. The molecule has 1 saturated heterocycles. The van der Waals surface area contributed by atoms with E-state index in [1.54, 1.807) is 41.1 Å². The molecule has 2 aromatic heterocycles. The normalized spacial score (nSPS) is 14.0. The van der Waals surface area contributed by atoms with Gasteiger partial charge >= 0.3 is 0 Å². The van der Waals surface area contributed by atoms with Crippen molar-refractivity contribution >= 4 is 34.4 Å². The minimum absolute atomic E-state index is 0.0254. The molecule has 0 atom stereocenters. The summed E-state index contributed by atoms with van der Waals surface area (Å²) in [7, 11) is 0. The number of aromatic nitrogens is 4. The Bertz CT molecular complexity index is 1720. The van der Waals surface area contributed by atoms with E-state index >= 15 is 0 Å². The number of aryl methyl sites for hydroxylation is 2. The first-order valence-corrected chi connectivity index (χ1v) is 14.1. The molecular weight excluding hydrogens is 539 g/mol. The van der Waals surface area contributed by atoms with Crippen LogP contribution in [-0.4, -0.2) is 56.7 Å². The predicted octanol–water partition coefficient (Wildman–Crippen LogP) is 6.17. The van der Waals surface area contributed by atoms with Crippen LogP contribution < -0.4 is 4.90 Å². The Morgan fingerprint density at radius 3 is 2.46 bits per heavy atom. The van der Waals surface area contributed by atoms with E-state index in [1.807, 2.05) is 11.8 Å². The standard InChI is InChI=1S/C32H30ClFN6O/c1-21-7-9-23(10-8-21)19-28-35-30(29-22(2)37-40(31(29)36-28)27-13-11-26(34)12-14-27)38-15-4-16-39(18-17-38)32(41)24-5-3-6-25(33)20-24/h3,5-14,20H,4,15-19H2,1-2H3. The van der Waals surface area contributed by atoms with Crippen molar-refractivity contribution in [1.82, 2.24) is 24.6 Å². The molecule has 0 unspecified atom stereocenters. The molecule has 1 amide bonds. The lowest BCUT2D eigenvalue weighted by atomic mass is 10.1. The summed E-state index contributed by atoms with van der Waals surface area (Å²) in [6.45, 7) is 6.55. The molecule has 41 heavy (non-hydrogen) atoms. The molecule has 0 saturated carbocycles. The van der Waals surface area contributed by atoms with Gasteiger partial charge < -0.3 is 9.80 Å². The first kappa shape index (κ1) is 26.9. The topological polar surface area (TPSA) is 67.2 Å². The molecule has 0 bridgehead atoms. The molecule has 3 aromatic carbocycles. The third kappa shape index (κ3) is 5.65. The van der Waals surface area contributed by atoms with Gasteiger partial charge in [0.25, 0.3) is 5.91 Å². The van der Waals surface area contributed by atoms with Crippen molar-refractivity contribution in [3.8, 4) is 5.69 Å². The van der Waals surface area contributed by atoms with Gasteiger partial charge in [-0.2, -0.15) is 5.10 Å². The summed E-state index contributed by atoms with van der Waals surface area (Å²) < 4.78 is 15.5. The Morgan fingerprint density at radius 1 is 0.927 bits per heavy atom. The molecule has 1 fully saturated rings. The van der Waals surface area contributed by atoms with Gasteiger partial charge in [0.05, 0.1) is 16.8 Å². The highest BCUT2D eigenvalue weighted by Gasteiger charge is 2.25. The van der Waals surface area contributed by atoms with Crippen molar-refractivity contribution in [2.24, 2.45) is 0 Å². The van der Waals surface area contributed by atoms with E-state index in [9.17, 15) is 9.18 Å². The number of rotatable bonds is 5. The SMILES string of the molecule is Cc1ccc(Cc2nc(N3CCCN(C(=O)c4cccc(Cl)c4)CC3)c3c(C)nn(-c4ccc(F)cc4)c3n2)cc1. The van der Waals surface area contributed by atoms with Crippen molar-refractivity contribution in [2.75, 3.05) is 31.1 Å². The molecule has 0 N–H and O–H groups in total. The van der Waals surface area contributed by atoms with Crippen molar-refractivity contribution < 1.29 is 9.18 Å². The van der Waals surface area contributed by atoms with Gasteiger partial charge in [-0.1, -0.05) is 47.5 Å². The summed E-state index contributed by atoms with van der Waals surface area (Å²) in [5.74, 6) is 1.15. The summed E-state index contributed by atoms with van der Waals surface area (Å²) in [4.78, 5) is 27.4. The number of halogens is 2. The summed E-state index contributed by atoms with van der Waals surface area (Å²) in [6.07, 6.45) is 1.35. The zero-order chi connectivity index (χ0) is 28.5. The molecule has 208 valence electrons. The van der Waals surface area contributed by atoms with Crippen molar-refractivity contribution in [3.05, 3.63) is 112 Å². The minimum Gasteiger partial charge on any atom is -0.354 e. The summed E-state index contributed by atoms with van der Waals surface area (Å²) in [6, 6.07) is 21.7. The lowest BCUT2D eigenvalue weighted by Gasteiger charge is -2.24. The number of hydrogen-bond donors (Lipinski definition) is 0. The predicted molar refractivity (Wildman–Crippen MR) is 160 cm³/mol. The van der Waals surface area contributed by atoms with Gasteiger partial charge in [-0.05, 0) is 68.3 Å². The van der Waals surface area contributed by atoms with Crippen LogP contribution >= 0.6 is 11.6 Å². The highest BCUT2D eigenvalue weighted by molar-refractivity contribution is 6.30. The highest BCUT2D eigenvalue weighted by atomic mass is 35.5. The van der Waals surface area contributed by atoms with Crippen LogP contribution in [0.2, 0.25) is 5.02 Å². The van der Waals surface area contributed by atoms with Gasteiger partial charge in [0.1, 0.15) is 17.5 Å². The molecule has 0 spiro atoms. The van der Waals surface area contributed by atoms with E-state index in [0.29, 0.717) is 48.1 Å². The Balaban J connectivity index is 1.38. The van der Waals surface area contributed by atoms with Gasteiger partial charge in [-0.25, -0.2) is 19.0 Å². The van der Waals surface area contributed by atoms with Crippen LogP contribution in [0, 0.1) is 19.7 Å². The fraction of sp³-hybridized carbons (Fsp3) is 0.250. The van der Waals surface area contributed by atoms with E-state index in [-0.39, 0.29) is 11.7 Å². The number of benzene rings is 3. The number of hydrogen-bond acceptors (Lipinski definition) is 5. The molecular formula is C32H30ClFN6O. The van der Waals surface area contributed by atoms with Gasteiger partial charge in [-0.3, -0.25) is 4.79 Å². The smallest absolute Gasteiger partial charge is 0.253 e. The fourth-order valence-corrected chi connectivity index (χ4v) is 5.49. The van der Waals surface area contributed by atoms with E-state index in [0.717, 1.165) is 41.1 Å². The summed E-state index contributed by atoms with van der Waals surface area (Å²) >= 11 is 6.15. The maximum Gasteiger partial charge on any atom is 0.253 e. The zero-order valence-corrected chi connectivity index (χ0v) is 23.8. The quantitative estimate of drug-likeness (QED) is 0.254. The Morgan fingerprint density at radius 2 is 1.71 bits per heavy atom. The van der Waals surface area contributed by atoms with Crippen molar-refractivity contribution in [1.29, 1.82) is 0 Å². The van der Waals surface area contributed by atoms with Crippen LogP contribution in [0.3, 0.4) is 0 Å². The Labute approximate surface area is 243 Å². The van der Waals surface area contributed by atoms with Gasteiger partial charge in [0.2, 0.25) is 0 Å². The summed E-state index contributed by atoms with van der Waals surface area (Å²) in [5, 5.41) is 6.21. The van der Waals surface area contributed by atoms with Crippen LogP contribution in [0.15, 0.2) is 72.8 Å². The average molecular weight is 569 g/mol. The molecule has 3 heterocycles. The fourth-order valence-electron chi connectivity index (χ4n) is 5.30. The number of carbonyl (C=O) groups excluding carboxylic acids is 1. The largest absolute Gasteiger partial charge is 0.354 e. The third-order valence-electron chi connectivity index (χ3n) is 7.44. The second-order valence-corrected chi connectivity index (χ2v) is 10.9. The molecule has 6 rings (SSSR count). The number of anilines is 1. The van der Waals surface area contributed by atoms with Crippen LogP contribution in [0.25, 0.3) is 16.7 Å². The monoisotopic (exact) mass is 568 g/mol. The number of nitrogens with zero attached hydrogens (tertiary/aromatic N) is 6. The second-order valence-electron chi connectivity index (χ2n) is 10.4. The number of fused-ring (bicyclic) bond motifs is 1. The van der Waals surface area contributed by atoms with Gasteiger partial charge in [0, 0.05) is 43.2 Å². The molecule has 1 aliphatic heterocycles. The van der Waals surface area contributed by atoms with E-state index in [4.69, 9.17) is 26.7 Å². The minimum atomic E-state index is -0.307. The highest BCUT2D eigenvalue weighted by Crippen LogP contribution is 2.30. The third-order valence-corrected chi connectivity index (χ3v) is 7.67. The van der Waals surface area contributed by atoms with Crippen LogP contribution in [0.4, 0.5) is 10.2 Å².